The maximum Gasteiger partial charge on any atom is 0.274 e. The predicted molar refractivity (Wildman–Crippen MR) is 117 cm³/mol. The molecule has 1 aliphatic rings. The Morgan fingerprint density at radius 3 is 2.81 bits per heavy atom. The van der Waals surface area contributed by atoms with E-state index in [0.29, 0.717) is 42.7 Å². The maximum absolute atomic E-state index is 12.2. The molecule has 5 rings (SSSR count). The van der Waals surface area contributed by atoms with Crippen LogP contribution in [0, 0.1) is 0 Å². The van der Waals surface area contributed by atoms with Gasteiger partial charge in [0.2, 0.25) is 18.5 Å². The van der Waals surface area contributed by atoms with E-state index in [1.165, 1.54) is 0 Å². The molecule has 2 aromatic carbocycles. The Kier molecular flexibility index (Phi) is 5.57. The molecule has 0 spiro atoms. The number of rotatable bonds is 8. The first-order valence-electron chi connectivity index (χ1n) is 10.5. The van der Waals surface area contributed by atoms with E-state index in [1.807, 2.05) is 71.4 Å². The Morgan fingerprint density at radius 1 is 1.03 bits per heavy atom. The van der Waals surface area contributed by atoms with E-state index in [1.54, 1.807) is 0 Å². The summed E-state index contributed by atoms with van der Waals surface area (Å²) in [4.78, 5) is 16.7. The molecule has 0 saturated heterocycles. The standard InChI is InChI=1S/C24H22N4O4/c29-22(11-8-17-5-2-1-3-6-17)25-12-14-28-13-4-7-19(28)24-26-23(27-32-24)18-9-10-20-21(15-18)31-16-30-20/h1-7,9-10,13,15H,8,11-12,14,16H2,(H,25,29). The summed E-state index contributed by atoms with van der Waals surface area (Å²) in [5, 5.41) is 7.08. The summed E-state index contributed by atoms with van der Waals surface area (Å²) < 4.78 is 18.2. The van der Waals surface area contributed by atoms with Gasteiger partial charge in [-0.3, -0.25) is 4.79 Å². The van der Waals surface area contributed by atoms with Crippen molar-refractivity contribution in [3.8, 4) is 34.5 Å². The number of hydrogen-bond donors (Lipinski definition) is 1. The largest absolute Gasteiger partial charge is 0.454 e. The van der Waals surface area contributed by atoms with Crippen molar-refractivity contribution in [3.63, 3.8) is 0 Å². The number of nitrogens with zero attached hydrogens (tertiary/aromatic N) is 3. The molecule has 8 nitrogen and oxygen atoms in total. The van der Waals surface area contributed by atoms with Gasteiger partial charge >= 0.3 is 0 Å². The van der Waals surface area contributed by atoms with Crippen LogP contribution in [0.3, 0.4) is 0 Å². The van der Waals surface area contributed by atoms with Crippen molar-refractivity contribution in [3.05, 3.63) is 72.4 Å². The van der Waals surface area contributed by atoms with Crippen molar-refractivity contribution >= 4 is 5.91 Å². The highest BCUT2D eigenvalue weighted by Gasteiger charge is 2.18. The highest BCUT2D eigenvalue weighted by atomic mass is 16.7. The fraction of sp³-hybridized carbons (Fsp3) is 0.208. The second kappa shape index (κ2) is 8.97. The third kappa shape index (κ3) is 4.34. The van der Waals surface area contributed by atoms with Gasteiger partial charge in [0.25, 0.3) is 5.89 Å². The molecule has 162 valence electrons. The monoisotopic (exact) mass is 430 g/mol. The van der Waals surface area contributed by atoms with Crippen LogP contribution in [0.15, 0.2) is 71.4 Å². The lowest BCUT2D eigenvalue weighted by Crippen LogP contribution is -2.27. The average Bonchev–Trinajstić information content (AvgIpc) is 3.58. The fourth-order valence-corrected chi connectivity index (χ4v) is 3.59. The highest BCUT2D eigenvalue weighted by Crippen LogP contribution is 2.35. The molecule has 0 atom stereocenters. The number of amides is 1. The Morgan fingerprint density at radius 2 is 1.91 bits per heavy atom. The maximum atomic E-state index is 12.2. The minimum absolute atomic E-state index is 0.0328. The third-order valence-corrected chi connectivity index (χ3v) is 5.26. The number of carbonyl (C=O) groups is 1. The Bertz CT molecular complexity index is 1220. The van der Waals surface area contributed by atoms with Crippen molar-refractivity contribution in [1.82, 2.24) is 20.0 Å². The molecule has 0 saturated carbocycles. The molecular formula is C24H22N4O4. The van der Waals surface area contributed by atoms with Crippen molar-refractivity contribution in [1.29, 1.82) is 0 Å². The zero-order chi connectivity index (χ0) is 21.8. The molecule has 2 aromatic heterocycles. The van der Waals surface area contributed by atoms with Gasteiger partial charge in [-0.05, 0) is 42.3 Å². The van der Waals surface area contributed by atoms with E-state index in [-0.39, 0.29) is 12.7 Å². The van der Waals surface area contributed by atoms with E-state index in [4.69, 9.17) is 14.0 Å². The second-order valence-electron chi connectivity index (χ2n) is 7.41. The second-order valence-corrected chi connectivity index (χ2v) is 7.41. The summed E-state index contributed by atoms with van der Waals surface area (Å²) in [5.74, 6) is 2.29. The summed E-state index contributed by atoms with van der Waals surface area (Å²) in [6, 6.07) is 19.4. The van der Waals surface area contributed by atoms with Crippen LogP contribution in [0.2, 0.25) is 0 Å². The number of carbonyl (C=O) groups excluding carboxylic acids is 1. The van der Waals surface area contributed by atoms with Crippen LogP contribution in [-0.2, 0) is 17.8 Å². The topological polar surface area (TPSA) is 91.4 Å². The molecule has 0 unspecified atom stereocenters. The lowest BCUT2D eigenvalue weighted by molar-refractivity contribution is -0.121. The highest BCUT2D eigenvalue weighted by molar-refractivity contribution is 5.76. The van der Waals surface area contributed by atoms with Gasteiger partial charge in [0.05, 0.1) is 0 Å². The van der Waals surface area contributed by atoms with Crippen LogP contribution < -0.4 is 14.8 Å². The molecule has 0 aliphatic carbocycles. The van der Waals surface area contributed by atoms with Crippen LogP contribution in [-0.4, -0.2) is 34.0 Å². The smallest absolute Gasteiger partial charge is 0.274 e. The van der Waals surface area contributed by atoms with E-state index in [2.05, 4.69) is 15.5 Å². The number of benzene rings is 2. The Balaban J connectivity index is 1.18. The summed E-state index contributed by atoms with van der Waals surface area (Å²) >= 11 is 0. The summed E-state index contributed by atoms with van der Waals surface area (Å²) in [7, 11) is 0. The molecular weight excluding hydrogens is 408 g/mol. The van der Waals surface area contributed by atoms with Gasteiger partial charge in [-0.15, -0.1) is 0 Å². The van der Waals surface area contributed by atoms with Crippen molar-refractivity contribution in [2.24, 2.45) is 0 Å². The zero-order valence-electron chi connectivity index (χ0n) is 17.4. The predicted octanol–water partition coefficient (Wildman–Crippen LogP) is 3.68. The first-order chi connectivity index (χ1) is 15.8. The van der Waals surface area contributed by atoms with E-state index in [0.717, 1.165) is 23.2 Å². The summed E-state index contributed by atoms with van der Waals surface area (Å²) in [5.41, 5.74) is 2.74. The normalized spacial score (nSPS) is 12.1. The van der Waals surface area contributed by atoms with Crippen molar-refractivity contribution in [2.45, 2.75) is 19.4 Å². The minimum Gasteiger partial charge on any atom is -0.454 e. The number of fused-ring (bicyclic) bond motifs is 1. The fourth-order valence-electron chi connectivity index (χ4n) is 3.59. The molecule has 8 heteroatoms. The Hall–Kier alpha value is -4.07. The molecule has 4 aromatic rings. The molecule has 1 amide bonds. The number of aryl methyl sites for hydroxylation is 1. The van der Waals surface area contributed by atoms with Crippen LogP contribution in [0.5, 0.6) is 11.5 Å². The van der Waals surface area contributed by atoms with Gasteiger partial charge in [-0.2, -0.15) is 4.98 Å². The van der Waals surface area contributed by atoms with E-state index < -0.39 is 0 Å². The number of ether oxygens (including phenoxy) is 2. The van der Waals surface area contributed by atoms with Crippen LogP contribution in [0.4, 0.5) is 0 Å². The molecule has 1 aliphatic heterocycles. The van der Waals surface area contributed by atoms with Crippen LogP contribution in [0.1, 0.15) is 12.0 Å². The van der Waals surface area contributed by atoms with Gasteiger partial charge in [-0.1, -0.05) is 35.5 Å². The lowest BCUT2D eigenvalue weighted by Gasteiger charge is -2.08. The van der Waals surface area contributed by atoms with Crippen molar-refractivity contribution < 1.29 is 18.8 Å². The van der Waals surface area contributed by atoms with Crippen LogP contribution >= 0.6 is 0 Å². The first-order valence-corrected chi connectivity index (χ1v) is 10.5. The number of hydrogen-bond acceptors (Lipinski definition) is 6. The first kappa shape index (κ1) is 19.9. The molecule has 0 fully saturated rings. The molecule has 0 radical (unpaired) electrons. The zero-order valence-corrected chi connectivity index (χ0v) is 17.4. The lowest BCUT2D eigenvalue weighted by atomic mass is 10.1. The van der Waals surface area contributed by atoms with Crippen molar-refractivity contribution in [2.75, 3.05) is 13.3 Å². The summed E-state index contributed by atoms with van der Waals surface area (Å²) in [6.07, 6.45) is 3.12. The SMILES string of the molecule is O=C(CCc1ccccc1)NCCn1cccc1-c1nc(-c2ccc3c(c2)OCO3)no1. The number of aromatic nitrogens is 3. The van der Waals surface area contributed by atoms with Gasteiger partial charge in [-0.25, -0.2) is 0 Å². The Labute approximate surface area is 184 Å². The van der Waals surface area contributed by atoms with Gasteiger partial charge in [0, 0.05) is 31.3 Å². The summed E-state index contributed by atoms with van der Waals surface area (Å²) in [6.45, 7) is 1.33. The molecule has 32 heavy (non-hydrogen) atoms. The van der Waals surface area contributed by atoms with Gasteiger partial charge < -0.3 is 23.9 Å². The molecule has 0 bridgehead atoms. The van der Waals surface area contributed by atoms with E-state index in [9.17, 15) is 4.79 Å². The molecule has 1 N–H and O–H groups in total. The van der Waals surface area contributed by atoms with E-state index >= 15 is 0 Å². The quantitative estimate of drug-likeness (QED) is 0.459. The average molecular weight is 430 g/mol. The molecule has 3 heterocycles. The number of nitrogens with one attached hydrogen (secondary N) is 1. The van der Waals surface area contributed by atoms with Gasteiger partial charge in [0.1, 0.15) is 5.69 Å². The van der Waals surface area contributed by atoms with Gasteiger partial charge in [0.15, 0.2) is 11.5 Å². The minimum atomic E-state index is 0.0328. The van der Waals surface area contributed by atoms with Crippen LogP contribution in [0.25, 0.3) is 23.0 Å². The third-order valence-electron chi connectivity index (χ3n) is 5.26.